The van der Waals surface area contributed by atoms with Crippen LogP contribution in [0.25, 0.3) is 0 Å². The van der Waals surface area contributed by atoms with Gasteiger partial charge in [0.05, 0.1) is 5.56 Å². The third kappa shape index (κ3) is 2.88. The van der Waals surface area contributed by atoms with Crippen molar-refractivity contribution in [1.82, 2.24) is 0 Å². The molecule has 0 saturated heterocycles. The Labute approximate surface area is 88.3 Å². The smallest absolute Gasteiger partial charge is 0.163 e. The van der Waals surface area contributed by atoms with Crippen LogP contribution in [0.1, 0.15) is 36.2 Å². The molecule has 0 spiro atoms. The van der Waals surface area contributed by atoms with Crippen LogP contribution in [-0.2, 0) is 0 Å². The van der Waals surface area contributed by atoms with E-state index in [-0.39, 0.29) is 17.3 Å². The van der Waals surface area contributed by atoms with Crippen LogP contribution in [0.5, 0.6) is 0 Å². The quantitative estimate of drug-likeness (QED) is 0.712. The fraction of sp³-hybridized carbons (Fsp3) is 0.333. The molecule has 0 fully saturated rings. The van der Waals surface area contributed by atoms with Crippen LogP contribution in [-0.4, -0.2) is 5.78 Å². The van der Waals surface area contributed by atoms with E-state index in [2.05, 4.69) is 0 Å². The number of carbonyl (C=O) groups is 1. The number of nitrogens with zero attached hydrogens (tertiary/aromatic N) is 1. The Hall–Kier alpha value is -1.69. The van der Waals surface area contributed by atoms with Crippen molar-refractivity contribution in [3.05, 3.63) is 35.1 Å². The molecule has 2 nitrogen and oxygen atoms in total. The maximum absolute atomic E-state index is 13.2. The van der Waals surface area contributed by atoms with Crippen LogP contribution < -0.4 is 0 Å². The average molecular weight is 205 g/mol. The van der Waals surface area contributed by atoms with E-state index in [1.54, 1.807) is 6.07 Å². The normalized spacial score (nSPS) is 10.1. The molecule has 0 heterocycles. The second-order valence-electron chi connectivity index (χ2n) is 3.83. The Morgan fingerprint density at radius 3 is 2.67 bits per heavy atom. The molecule has 1 aromatic carbocycles. The van der Waals surface area contributed by atoms with Gasteiger partial charge in [-0.1, -0.05) is 13.8 Å². The predicted molar refractivity (Wildman–Crippen MR) is 54.9 cm³/mol. The molecule has 0 aliphatic carbocycles. The molecule has 78 valence electrons. The Kier molecular flexibility index (Phi) is 3.56. The molecule has 0 aliphatic heterocycles. The number of benzene rings is 1. The number of ketones is 1. The van der Waals surface area contributed by atoms with Gasteiger partial charge in [0.1, 0.15) is 11.9 Å². The van der Waals surface area contributed by atoms with Gasteiger partial charge in [-0.2, -0.15) is 5.26 Å². The molecule has 0 saturated carbocycles. The highest BCUT2D eigenvalue weighted by molar-refractivity contribution is 5.96. The van der Waals surface area contributed by atoms with E-state index >= 15 is 0 Å². The third-order valence-corrected chi connectivity index (χ3v) is 2.01. The van der Waals surface area contributed by atoms with Crippen molar-refractivity contribution in [1.29, 1.82) is 5.26 Å². The van der Waals surface area contributed by atoms with Gasteiger partial charge < -0.3 is 0 Å². The van der Waals surface area contributed by atoms with Crippen LogP contribution >= 0.6 is 0 Å². The fourth-order valence-electron chi connectivity index (χ4n) is 1.27. The van der Waals surface area contributed by atoms with Gasteiger partial charge in [-0.25, -0.2) is 4.39 Å². The SMILES string of the molecule is CC(C)CC(=O)c1ccc(C#N)c(F)c1. The maximum atomic E-state index is 13.2. The molecule has 1 aromatic rings. The summed E-state index contributed by atoms with van der Waals surface area (Å²) < 4.78 is 13.2. The van der Waals surface area contributed by atoms with E-state index in [0.717, 1.165) is 6.07 Å². The highest BCUT2D eigenvalue weighted by Gasteiger charge is 2.10. The molecule has 1 rings (SSSR count). The van der Waals surface area contributed by atoms with Gasteiger partial charge >= 0.3 is 0 Å². The maximum Gasteiger partial charge on any atom is 0.163 e. The first-order valence-corrected chi connectivity index (χ1v) is 4.77. The molecule has 0 aromatic heterocycles. The monoisotopic (exact) mass is 205 g/mol. The Morgan fingerprint density at radius 1 is 1.53 bits per heavy atom. The van der Waals surface area contributed by atoms with Crippen LogP contribution in [0.15, 0.2) is 18.2 Å². The van der Waals surface area contributed by atoms with Crippen molar-refractivity contribution in [3.8, 4) is 6.07 Å². The number of halogens is 1. The van der Waals surface area contributed by atoms with Gasteiger partial charge in [0.2, 0.25) is 0 Å². The van der Waals surface area contributed by atoms with E-state index < -0.39 is 5.82 Å². The zero-order valence-electron chi connectivity index (χ0n) is 8.75. The van der Waals surface area contributed by atoms with E-state index in [4.69, 9.17) is 5.26 Å². The van der Waals surface area contributed by atoms with Gasteiger partial charge in [0.15, 0.2) is 5.78 Å². The van der Waals surface area contributed by atoms with Gasteiger partial charge in [0, 0.05) is 12.0 Å². The third-order valence-electron chi connectivity index (χ3n) is 2.01. The van der Waals surface area contributed by atoms with Crippen LogP contribution in [0.4, 0.5) is 4.39 Å². The van der Waals surface area contributed by atoms with Crippen molar-refractivity contribution >= 4 is 5.78 Å². The Morgan fingerprint density at radius 2 is 2.20 bits per heavy atom. The molecule has 0 atom stereocenters. The number of Topliss-reactive ketones (excluding diaryl/α,β-unsaturated/α-hetero) is 1. The summed E-state index contributed by atoms with van der Waals surface area (Å²) in [6.07, 6.45) is 0.394. The van der Waals surface area contributed by atoms with Crippen molar-refractivity contribution < 1.29 is 9.18 Å². The number of rotatable bonds is 3. The lowest BCUT2D eigenvalue weighted by molar-refractivity contribution is 0.0967. The summed E-state index contributed by atoms with van der Waals surface area (Å²) in [7, 11) is 0. The van der Waals surface area contributed by atoms with Crippen molar-refractivity contribution in [2.45, 2.75) is 20.3 Å². The van der Waals surface area contributed by atoms with E-state index in [1.807, 2.05) is 13.8 Å². The molecule has 0 unspecified atom stereocenters. The molecule has 15 heavy (non-hydrogen) atoms. The molecular formula is C12H12FNO. The van der Waals surface area contributed by atoms with Gasteiger partial charge in [-0.3, -0.25) is 4.79 Å². The number of hydrogen-bond acceptors (Lipinski definition) is 2. The van der Waals surface area contributed by atoms with Crippen LogP contribution in [0.3, 0.4) is 0 Å². The topological polar surface area (TPSA) is 40.9 Å². The highest BCUT2D eigenvalue weighted by atomic mass is 19.1. The minimum atomic E-state index is -0.632. The zero-order chi connectivity index (χ0) is 11.4. The van der Waals surface area contributed by atoms with Crippen molar-refractivity contribution in [2.24, 2.45) is 5.92 Å². The summed E-state index contributed by atoms with van der Waals surface area (Å²) in [6.45, 7) is 3.86. The van der Waals surface area contributed by atoms with E-state index in [9.17, 15) is 9.18 Å². The second-order valence-corrected chi connectivity index (χ2v) is 3.83. The minimum absolute atomic E-state index is 0.0314. The summed E-state index contributed by atoms with van der Waals surface area (Å²) >= 11 is 0. The van der Waals surface area contributed by atoms with Gasteiger partial charge in [-0.05, 0) is 24.1 Å². The fourth-order valence-corrected chi connectivity index (χ4v) is 1.27. The van der Waals surface area contributed by atoms with Crippen molar-refractivity contribution in [2.75, 3.05) is 0 Å². The molecule has 0 N–H and O–H groups in total. The molecule has 3 heteroatoms. The first-order chi connectivity index (χ1) is 7.04. The standard InChI is InChI=1S/C12H12FNO/c1-8(2)5-12(15)9-3-4-10(7-14)11(13)6-9/h3-4,6,8H,5H2,1-2H3. The number of hydrogen-bond donors (Lipinski definition) is 0. The molecule has 0 radical (unpaired) electrons. The Bertz CT molecular complexity index is 418. The molecular weight excluding hydrogens is 193 g/mol. The lowest BCUT2D eigenvalue weighted by Crippen LogP contribution is -2.04. The van der Waals surface area contributed by atoms with Crippen LogP contribution in [0, 0.1) is 23.1 Å². The average Bonchev–Trinajstić information content (AvgIpc) is 2.16. The van der Waals surface area contributed by atoms with Gasteiger partial charge in [-0.15, -0.1) is 0 Å². The lowest BCUT2D eigenvalue weighted by Gasteiger charge is -2.04. The van der Waals surface area contributed by atoms with Gasteiger partial charge in [0.25, 0.3) is 0 Å². The summed E-state index contributed by atoms with van der Waals surface area (Å²) in [6, 6.07) is 5.67. The summed E-state index contributed by atoms with van der Waals surface area (Å²) in [5.74, 6) is -0.475. The number of nitriles is 1. The predicted octanol–water partition coefficient (Wildman–Crippen LogP) is 2.93. The summed E-state index contributed by atoms with van der Waals surface area (Å²) in [4.78, 5) is 11.6. The lowest BCUT2D eigenvalue weighted by atomic mass is 10.0. The second kappa shape index (κ2) is 4.70. The first-order valence-electron chi connectivity index (χ1n) is 4.77. The Balaban J connectivity index is 2.94. The molecule has 0 bridgehead atoms. The first kappa shape index (κ1) is 11.4. The van der Waals surface area contributed by atoms with E-state index in [1.165, 1.54) is 12.1 Å². The summed E-state index contributed by atoms with van der Waals surface area (Å²) in [5.41, 5.74) is 0.302. The summed E-state index contributed by atoms with van der Waals surface area (Å²) in [5, 5.41) is 8.52. The van der Waals surface area contributed by atoms with Crippen molar-refractivity contribution in [3.63, 3.8) is 0 Å². The zero-order valence-corrected chi connectivity index (χ0v) is 8.75. The highest BCUT2D eigenvalue weighted by Crippen LogP contribution is 2.13. The largest absolute Gasteiger partial charge is 0.294 e. The van der Waals surface area contributed by atoms with E-state index in [0.29, 0.717) is 12.0 Å². The minimum Gasteiger partial charge on any atom is -0.294 e. The number of carbonyl (C=O) groups excluding carboxylic acids is 1. The molecule has 0 amide bonds. The van der Waals surface area contributed by atoms with Crippen LogP contribution in [0.2, 0.25) is 0 Å². The molecule has 0 aliphatic rings.